The Morgan fingerprint density at radius 2 is 1.81 bits per heavy atom. The number of amides is 1. The molecule has 37 heavy (non-hydrogen) atoms. The molecule has 1 heterocycles. The molecule has 1 fully saturated rings. The highest BCUT2D eigenvalue weighted by molar-refractivity contribution is 7.92. The lowest BCUT2D eigenvalue weighted by molar-refractivity contribution is -0.141. The number of phenols is 1. The lowest BCUT2D eigenvalue weighted by Crippen LogP contribution is -2.43. The van der Waals surface area contributed by atoms with Crippen LogP contribution < -0.4 is 20.3 Å². The summed E-state index contributed by atoms with van der Waals surface area (Å²) in [5.41, 5.74) is 1.97. The number of nitrogens with one attached hydrogen (secondary N) is 3. The fourth-order valence-corrected chi connectivity index (χ4v) is 4.63. The highest BCUT2D eigenvalue weighted by atomic mass is 32.2. The second kappa shape index (κ2) is 12.7. The number of carbonyl (C=O) groups excluding carboxylic acids is 2. The smallest absolute Gasteiger partial charge is 0.325 e. The van der Waals surface area contributed by atoms with Gasteiger partial charge in [0, 0.05) is 36.9 Å². The van der Waals surface area contributed by atoms with E-state index in [4.69, 9.17) is 4.74 Å². The molecule has 0 bridgehead atoms. The van der Waals surface area contributed by atoms with Gasteiger partial charge in [0.1, 0.15) is 12.3 Å². The van der Waals surface area contributed by atoms with E-state index in [-0.39, 0.29) is 43.1 Å². The number of piperidine rings is 1. The standard InChI is InChI=1S/C25H34N4O7S/c1-3-36-24(32)16-27-25(33)17-4-7-20(8-5-17)29-12-10-19(11-13-29)26-15-23(31)18-6-9-22(30)21(14-18)28-37(2,34)35/h4-9,14,19,23,26,28,30-31H,3,10-13,15-16H2,1-2H3,(H,27,33)/t23-/m0/s1. The van der Waals surface area contributed by atoms with Crippen molar-refractivity contribution in [3.05, 3.63) is 53.6 Å². The van der Waals surface area contributed by atoms with Gasteiger partial charge in [0.2, 0.25) is 10.0 Å². The van der Waals surface area contributed by atoms with Gasteiger partial charge in [-0.25, -0.2) is 8.42 Å². The van der Waals surface area contributed by atoms with Gasteiger partial charge < -0.3 is 30.5 Å². The molecule has 1 amide bonds. The van der Waals surface area contributed by atoms with Gasteiger partial charge in [-0.2, -0.15) is 0 Å². The fourth-order valence-electron chi connectivity index (χ4n) is 4.07. The van der Waals surface area contributed by atoms with Crippen LogP contribution in [-0.4, -0.2) is 75.6 Å². The number of benzene rings is 2. The number of rotatable bonds is 11. The summed E-state index contributed by atoms with van der Waals surface area (Å²) in [6.07, 6.45) is 1.82. The third-order valence-electron chi connectivity index (χ3n) is 5.99. The van der Waals surface area contributed by atoms with Crippen LogP contribution in [0.3, 0.4) is 0 Å². The zero-order valence-corrected chi connectivity index (χ0v) is 21.8. The number of sulfonamides is 1. The Hall–Kier alpha value is -3.35. The maximum absolute atomic E-state index is 12.2. The minimum atomic E-state index is -3.56. The monoisotopic (exact) mass is 534 g/mol. The number of hydrogen-bond donors (Lipinski definition) is 5. The highest BCUT2D eigenvalue weighted by Gasteiger charge is 2.21. The second-order valence-corrected chi connectivity index (χ2v) is 10.6. The lowest BCUT2D eigenvalue weighted by Gasteiger charge is -2.34. The molecule has 1 aliphatic rings. The minimum absolute atomic E-state index is 0.0230. The Balaban J connectivity index is 1.46. The molecular weight excluding hydrogens is 500 g/mol. The normalized spacial score (nSPS) is 15.2. The second-order valence-electron chi connectivity index (χ2n) is 8.87. The number of esters is 1. The average Bonchev–Trinajstić information content (AvgIpc) is 2.87. The molecular formula is C25H34N4O7S. The molecule has 5 N–H and O–H groups in total. The van der Waals surface area contributed by atoms with E-state index in [0.29, 0.717) is 11.1 Å². The number of hydrogen-bond acceptors (Lipinski definition) is 9. The van der Waals surface area contributed by atoms with E-state index in [1.807, 2.05) is 12.1 Å². The summed E-state index contributed by atoms with van der Waals surface area (Å²) in [7, 11) is -3.56. The lowest BCUT2D eigenvalue weighted by atomic mass is 10.0. The van der Waals surface area contributed by atoms with Gasteiger partial charge in [-0.3, -0.25) is 14.3 Å². The largest absolute Gasteiger partial charge is 0.506 e. The van der Waals surface area contributed by atoms with Crippen molar-refractivity contribution in [2.45, 2.75) is 31.9 Å². The highest BCUT2D eigenvalue weighted by Crippen LogP contribution is 2.28. The fraction of sp³-hybridized carbons (Fsp3) is 0.440. The van der Waals surface area contributed by atoms with Crippen molar-refractivity contribution in [2.75, 3.05) is 48.7 Å². The van der Waals surface area contributed by atoms with Crippen molar-refractivity contribution in [3.8, 4) is 5.75 Å². The van der Waals surface area contributed by atoms with E-state index in [9.17, 15) is 28.2 Å². The summed E-state index contributed by atoms with van der Waals surface area (Å²) in [6.45, 7) is 3.67. The quantitative estimate of drug-likeness (QED) is 0.212. The molecule has 1 saturated heterocycles. The third kappa shape index (κ3) is 8.62. The summed E-state index contributed by atoms with van der Waals surface area (Å²) in [5.74, 6) is -1.03. The first-order valence-corrected chi connectivity index (χ1v) is 14.0. The van der Waals surface area contributed by atoms with Gasteiger partial charge in [0.05, 0.1) is 24.7 Å². The van der Waals surface area contributed by atoms with Crippen LogP contribution in [0.5, 0.6) is 5.75 Å². The van der Waals surface area contributed by atoms with Crippen molar-refractivity contribution in [1.82, 2.24) is 10.6 Å². The predicted molar refractivity (Wildman–Crippen MR) is 140 cm³/mol. The molecule has 3 rings (SSSR count). The Bertz CT molecular complexity index is 1180. The molecule has 0 radical (unpaired) electrons. The van der Waals surface area contributed by atoms with Gasteiger partial charge in [-0.05, 0) is 61.7 Å². The number of phenolic OH excluding ortho intramolecular Hbond substituents is 1. The first-order valence-electron chi connectivity index (χ1n) is 12.1. The average molecular weight is 535 g/mol. The molecule has 2 aromatic rings. The van der Waals surface area contributed by atoms with Gasteiger partial charge in [-0.1, -0.05) is 6.07 Å². The van der Waals surface area contributed by atoms with Crippen LogP contribution in [0.4, 0.5) is 11.4 Å². The summed E-state index contributed by atoms with van der Waals surface area (Å²) < 4.78 is 30.0. The Morgan fingerprint density at radius 1 is 1.14 bits per heavy atom. The van der Waals surface area contributed by atoms with E-state index in [0.717, 1.165) is 37.9 Å². The predicted octanol–water partition coefficient (Wildman–Crippen LogP) is 1.35. The summed E-state index contributed by atoms with van der Waals surface area (Å²) >= 11 is 0. The Morgan fingerprint density at radius 3 is 2.43 bits per heavy atom. The molecule has 0 aromatic heterocycles. The number of carbonyl (C=O) groups is 2. The van der Waals surface area contributed by atoms with E-state index in [1.165, 1.54) is 12.1 Å². The van der Waals surface area contributed by atoms with Crippen LogP contribution in [0.1, 0.15) is 41.8 Å². The van der Waals surface area contributed by atoms with E-state index in [1.54, 1.807) is 25.1 Å². The molecule has 1 atom stereocenters. The first-order chi connectivity index (χ1) is 17.6. The van der Waals surface area contributed by atoms with Gasteiger partial charge in [-0.15, -0.1) is 0 Å². The minimum Gasteiger partial charge on any atom is -0.506 e. The molecule has 202 valence electrons. The van der Waals surface area contributed by atoms with Crippen molar-refractivity contribution in [2.24, 2.45) is 0 Å². The molecule has 1 aliphatic heterocycles. The van der Waals surface area contributed by atoms with Crippen LogP contribution in [0.15, 0.2) is 42.5 Å². The molecule has 0 saturated carbocycles. The number of ether oxygens (including phenoxy) is 1. The maximum Gasteiger partial charge on any atom is 0.325 e. The molecule has 0 spiro atoms. The SMILES string of the molecule is CCOC(=O)CNC(=O)c1ccc(N2CCC(NC[C@H](O)c3ccc(O)c(NS(C)(=O)=O)c3)CC2)cc1. The summed E-state index contributed by atoms with van der Waals surface area (Å²) in [6, 6.07) is 11.7. The van der Waals surface area contributed by atoms with Gasteiger partial charge >= 0.3 is 5.97 Å². The van der Waals surface area contributed by atoms with E-state index in [2.05, 4.69) is 20.3 Å². The summed E-state index contributed by atoms with van der Waals surface area (Å²) in [4.78, 5) is 25.8. The van der Waals surface area contributed by atoms with Crippen LogP contribution >= 0.6 is 0 Å². The van der Waals surface area contributed by atoms with Gasteiger partial charge in [0.25, 0.3) is 5.91 Å². The van der Waals surface area contributed by atoms with Crippen LogP contribution in [0.25, 0.3) is 0 Å². The Labute approximate surface area is 216 Å². The third-order valence-corrected chi connectivity index (χ3v) is 6.58. The maximum atomic E-state index is 12.2. The van der Waals surface area contributed by atoms with Crippen molar-refractivity contribution in [3.63, 3.8) is 0 Å². The molecule has 2 aromatic carbocycles. The van der Waals surface area contributed by atoms with Crippen molar-refractivity contribution < 1.29 is 33.0 Å². The van der Waals surface area contributed by atoms with Crippen molar-refractivity contribution in [1.29, 1.82) is 0 Å². The van der Waals surface area contributed by atoms with E-state index >= 15 is 0 Å². The topological polar surface area (TPSA) is 157 Å². The number of aliphatic hydroxyl groups excluding tert-OH is 1. The Kier molecular flexibility index (Phi) is 9.73. The number of aliphatic hydroxyl groups is 1. The first kappa shape index (κ1) is 28.2. The number of anilines is 2. The van der Waals surface area contributed by atoms with Crippen LogP contribution in [-0.2, 0) is 19.6 Å². The zero-order chi connectivity index (χ0) is 27.0. The molecule has 12 heteroatoms. The number of aromatic hydroxyl groups is 1. The molecule has 0 aliphatic carbocycles. The zero-order valence-electron chi connectivity index (χ0n) is 20.9. The van der Waals surface area contributed by atoms with Crippen molar-refractivity contribution >= 4 is 33.3 Å². The van der Waals surface area contributed by atoms with Crippen LogP contribution in [0.2, 0.25) is 0 Å². The number of nitrogens with zero attached hydrogens (tertiary/aromatic N) is 1. The van der Waals surface area contributed by atoms with Gasteiger partial charge in [0.15, 0.2) is 0 Å². The van der Waals surface area contributed by atoms with E-state index < -0.39 is 22.1 Å². The summed E-state index contributed by atoms with van der Waals surface area (Å²) in [5, 5.41) is 26.3. The molecule has 11 nitrogen and oxygen atoms in total. The van der Waals surface area contributed by atoms with Crippen LogP contribution in [0, 0.1) is 0 Å². The molecule has 0 unspecified atom stereocenters.